The predicted molar refractivity (Wildman–Crippen MR) is 84.4 cm³/mol. The van der Waals surface area contributed by atoms with E-state index in [9.17, 15) is 19.2 Å². The molecule has 1 aliphatic rings. The fraction of sp³-hybridized carbons (Fsp3) is 0.200. The standard InChI is InChI=1S/C15H11NO5S2/c1-6(15(20)21-2)16-14(19)9-5-8-10(17)7-3-4-22-12(7)11(18)13(8)23-9/h3-6H,1-2H3,(H,16,19)/t6-/m0/s1. The summed E-state index contributed by atoms with van der Waals surface area (Å²) in [5, 5.41) is 4.17. The summed E-state index contributed by atoms with van der Waals surface area (Å²) in [7, 11) is 1.23. The summed E-state index contributed by atoms with van der Waals surface area (Å²) in [6.07, 6.45) is 0. The number of rotatable bonds is 3. The minimum absolute atomic E-state index is 0.211. The normalized spacial score (nSPS) is 14.0. The molecule has 1 atom stereocenters. The number of nitrogens with one attached hydrogen (secondary N) is 1. The second-order valence-electron chi connectivity index (χ2n) is 4.89. The molecule has 0 aliphatic heterocycles. The van der Waals surface area contributed by atoms with Crippen molar-refractivity contribution in [1.82, 2.24) is 5.32 Å². The zero-order chi connectivity index (χ0) is 16.7. The molecule has 0 fully saturated rings. The van der Waals surface area contributed by atoms with Gasteiger partial charge in [-0.25, -0.2) is 4.79 Å². The predicted octanol–water partition coefficient (Wildman–Crippen LogP) is 1.88. The van der Waals surface area contributed by atoms with E-state index in [2.05, 4.69) is 10.1 Å². The SMILES string of the molecule is COC(=O)[C@H](C)NC(=O)c1cc2c(s1)C(=O)c1sccc1C2=O. The van der Waals surface area contributed by atoms with Gasteiger partial charge in [-0.3, -0.25) is 14.4 Å². The van der Waals surface area contributed by atoms with Crippen LogP contribution in [0.25, 0.3) is 0 Å². The van der Waals surface area contributed by atoms with Crippen LogP contribution in [0.1, 0.15) is 47.1 Å². The van der Waals surface area contributed by atoms with E-state index in [1.807, 2.05) is 0 Å². The maximum Gasteiger partial charge on any atom is 0.328 e. The van der Waals surface area contributed by atoms with Gasteiger partial charge in [-0.1, -0.05) is 0 Å². The first-order valence-corrected chi connectivity index (χ1v) is 8.33. The van der Waals surface area contributed by atoms with Crippen molar-refractivity contribution >= 4 is 46.1 Å². The molecule has 118 valence electrons. The zero-order valence-electron chi connectivity index (χ0n) is 12.2. The fourth-order valence-electron chi connectivity index (χ4n) is 2.26. The zero-order valence-corrected chi connectivity index (χ0v) is 13.8. The quantitative estimate of drug-likeness (QED) is 0.729. The number of thiophene rings is 2. The van der Waals surface area contributed by atoms with E-state index in [-0.39, 0.29) is 26.9 Å². The van der Waals surface area contributed by atoms with Crippen LogP contribution in [-0.4, -0.2) is 36.6 Å². The molecule has 1 amide bonds. The van der Waals surface area contributed by atoms with Crippen molar-refractivity contribution in [3.8, 4) is 0 Å². The Morgan fingerprint density at radius 1 is 1.17 bits per heavy atom. The van der Waals surface area contributed by atoms with Crippen molar-refractivity contribution in [3.05, 3.63) is 43.3 Å². The fourth-order valence-corrected chi connectivity index (χ4v) is 4.16. The molecular formula is C15H11NO5S2. The number of fused-ring (bicyclic) bond motifs is 2. The Kier molecular flexibility index (Phi) is 3.87. The molecule has 0 unspecified atom stereocenters. The summed E-state index contributed by atoms with van der Waals surface area (Å²) in [5.74, 6) is -1.60. The van der Waals surface area contributed by atoms with Crippen molar-refractivity contribution in [2.45, 2.75) is 13.0 Å². The summed E-state index contributed by atoms with van der Waals surface area (Å²) in [6, 6.07) is 2.19. The van der Waals surface area contributed by atoms with Gasteiger partial charge in [0.05, 0.1) is 21.7 Å². The van der Waals surface area contributed by atoms with Crippen molar-refractivity contribution < 1.29 is 23.9 Å². The van der Waals surface area contributed by atoms with Gasteiger partial charge in [0, 0.05) is 11.1 Å². The molecule has 1 N–H and O–H groups in total. The molecule has 8 heteroatoms. The second-order valence-corrected chi connectivity index (χ2v) is 6.86. The molecule has 0 bridgehead atoms. The highest BCUT2D eigenvalue weighted by atomic mass is 32.1. The highest BCUT2D eigenvalue weighted by Crippen LogP contribution is 2.35. The average molecular weight is 349 g/mol. The maximum absolute atomic E-state index is 12.4. The molecule has 0 radical (unpaired) electrons. The first-order valence-electron chi connectivity index (χ1n) is 6.63. The number of esters is 1. The van der Waals surface area contributed by atoms with Crippen molar-refractivity contribution in [3.63, 3.8) is 0 Å². The minimum atomic E-state index is -0.820. The third kappa shape index (κ3) is 2.49. The van der Waals surface area contributed by atoms with Gasteiger partial charge in [0.15, 0.2) is 5.78 Å². The lowest BCUT2D eigenvalue weighted by Gasteiger charge is -2.10. The van der Waals surface area contributed by atoms with Crippen LogP contribution in [0.3, 0.4) is 0 Å². The Hall–Kier alpha value is -2.32. The smallest absolute Gasteiger partial charge is 0.328 e. The largest absolute Gasteiger partial charge is 0.467 e. The Labute approximate surface area is 139 Å². The Balaban J connectivity index is 1.91. The minimum Gasteiger partial charge on any atom is -0.467 e. The molecule has 0 aromatic carbocycles. The first kappa shape index (κ1) is 15.6. The highest BCUT2D eigenvalue weighted by Gasteiger charge is 2.34. The number of hydrogen-bond acceptors (Lipinski definition) is 7. The van der Waals surface area contributed by atoms with E-state index < -0.39 is 17.9 Å². The number of methoxy groups -OCH3 is 1. The lowest BCUT2D eigenvalue weighted by Crippen LogP contribution is -2.38. The van der Waals surface area contributed by atoms with E-state index in [0.717, 1.165) is 11.3 Å². The molecule has 23 heavy (non-hydrogen) atoms. The lowest BCUT2D eigenvalue weighted by molar-refractivity contribution is -0.142. The maximum atomic E-state index is 12.4. The van der Waals surface area contributed by atoms with Gasteiger partial charge in [-0.15, -0.1) is 22.7 Å². The van der Waals surface area contributed by atoms with Crippen LogP contribution in [0.2, 0.25) is 0 Å². The highest BCUT2D eigenvalue weighted by molar-refractivity contribution is 7.19. The molecule has 2 aromatic rings. The van der Waals surface area contributed by atoms with Crippen LogP contribution in [0.5, 0.6) is 0 Å². The van der Waals surface area contributed by atoms with E-state index in [4.69, 9.17) is 0 Å². The molecule has 2 heterocycles. The summed E-state index contributed by atoms with van der Waals surface area (Å²) < 4.78 is 4.54. The Bertz CT molecular complexity index is 800. The lowest BCUT2D eigenvalue weighted by atomic mass is 9.95. The van der Waals surface area contributed by atoms with E-state index in [0.29, 0.717) is 10.4 Å². The molecule has 6 nitrogen and oxygen atoms in total. The number of carbonyl (C=O) groups is 4. The second kappa shape index (κ2) is 5.71. The molecule has 3 rings (SSSR count). The van der Waals surface area contributed by atoms with Crippen molar-refractivity contribution in [2.24, 2.45) is 0 Å². The Morgan fingerprint density at radius 2 is 1.91 bits per heavy atom. The van der Waals surface area contributed by atoms with E-state index in [1.165, 1.54) is 31.4 Å². The van der Waals surface area contributed by atoms with Crippen LogP contribution >= 0.6 is 22.7 Å². The van der Waals surface area contributed by atoms with Gasteiger partial charge >= 0.3 is 5.97 Å². The summed E-state index contributed by atoms with van der Waals surface area (Å²) >= 11 is 2.17. The third-order valence-electron chi connectivity index (χ3n) is 3.43. The third-order valence-corrected chi connectivity index (χ3v) is 5.47. The van der Waals surface area contributed by atoms with Crippen LogP contribution in [-0.2, 0) is 9.53 Å². The number of amides is 1. The van der Waals surface area contributed by atoms with Crippen LogP contribution in [0, 0.1) is 0 Å². The van der Waals surface area contributed by atoms with Crippen LogP contribution in [0.4, 0.5) is 0 Å². The van der Waals surface area contributed by atoms with E-state index in [1.54, 1.807) is 11.4 Å². The first-order chi connectivity index (χ1) is 10.9. The Morgan fingerprint density at radius 3 is 2.61 bits per heavy atom. The summed E-state index contributed by atoms with van der Waals surface area (Å²) in [5.41, 5.74) is 0.613. The van der Waals surface area contributed by atoms with Crippen LogP contribution < -0.4 is 5.32 Å². The molecule has 1 aliphatic carbocycles. The van der Waals surface area contributed by atoms with Gasteiger partial charge in [-0.05, 0) is 24.4 Å². The molecule has 0 saturated carbocycles. The summed E-state index contributed by atoms with van der Waals surface area (Å²) in [6.45, 7) is 1.49. The average Bonchev–Trinajstić information content (AvgIpc) is 3.18. The van der Waals surface area contributed by atoms with Crippen molar-refractivity contribution in [2.75, 3.05) is 7.11 Å². The van der Waals surface area contributed by atoms with Crippen LogP contribution in [0.15, 0.2) is 17.5 Å². The summed E-state index contributed by atoms with van der Waals surface area (Å²) in [4.78, 5) is 49.2. The number of ether oxygens (including phenoxy) is 1. The monoisotopic (exact) mass is 349 g/mol. The number of hydrogen-bond donors (Lipinski definition) is 1. The van der Waals surface area contributed by atoms with Crippen molar-refractivity contribution in [1.29, 1.82) is 0 Å². The molecule has 0 saturated heterocycles. The van der Waals surface area contributed by atoms with Gasteiger partial charge in [0.25, 0.3) is 5.91 Å². The van der Waals surface area contributed by atoms with E-state index >= 15 is 0 Å². The van der Waals surface area contributed by atoms with Gasteiger partial charge in [0.2, 0.25) is 5.78 Å². The van der Waals surface area contributed by atoms with Gasteiger partial charge < -0.3 is 10.1 Å². The molecular weight excluding hydrogens is 338 g/mol. The number of ketones is 2. The van der Waals surface area contributed by atoms with Gasteiger partial charge in [0.1, 0.15) is 6.04 Å². The molecule has 0 spiro atoms. The van der Waals surface area contributed by atoms with Gasteiger partial charge in [-0.2, -0.15) is 0 Å². The number of carbonyl (C=O) groups excluding carboxylic acids is 4. The topological polar surface area (TPSA) is 89.5 Å². The molecule has 2 aromatic heterocycles.